The maximum Gasteiger partial charge on any atom is 0.333 e. The van der Waals surface area contributed by atoms with E-state index in [0.29, 0.717) is 0 Å². The molecule has 0 radical (unpaired) electrons. The molecule has 0 spiro atoms. The van der Waals surface area contributed by atoms with Crippen molar-refractivity contribution in [2.24, 2.45) is 0 Å². The monoisotopic (exact) mass is 224 g/mol. The molecule has 0 aliphatic rings. The Morgan fingerprint density at radius 1 is 0.867 bits per heavy atom. The summed E-state index contributed by atoms with van der Waals surface area (Å²) in [6.45, 7) is 11.2. The van der Waals surface area contributed by atoms with Gasteiger partial charge in [0.15, 0.2) is 0 Å². The first kappa shape index (κ1) is 14.3. The Morgan fingerprint density at radius 3 is 1.33 bits per heavy atom. The lowest BCUT2D eigenvalue weighted by atomic mass is 10.2. The van der Waals surface area contributed by atoms with Crippen LogP contribution in [0.3, 0.4) is 0 Å². The second-order valence-corrected chi connectivity index (χ2v) is 8.12. The van der Waals surface area contributed by atoms with Crippen LogP contribution in [0.15, 0.2) is 0 Å². The van der Waals surface area contributed by atoms with Crippen LogP contribution in [0.4, 0.5) is 0 Å². The summed E-state index contributed by atoms with van der Waals surface area (Å²) >= 11 is 0. The molecule has 0 heterocycles. The highest BCUT2D eigenvalue weighted by atomic mass is 28.4. The summed E-state index contributed by atoms with van der Waals surface area (Å²) in [7, 11) is -2.30. The summed E-state index contributed by atoms with van der Waals surface area (Å²) in [5.41, 5.74) is -1.22. The predicted molar refractivity (Wildman–Crippen MR) is 65.5 cm³/mol. The highest BCUT2D eigenvalue weighted by Crippen LogP contribution is 2.22. The first-order valence-corrected chi connectivity index (χ1v) is 7.71. The molecule has 0 aromatic carbocycles. The van der Waals surface area contributed by atoms with Gasteiger partial charge in [-0.25, -0.2) is 0 Å². The van der Waals surface area contributed by atoms with Crippen molar-refractivity contribution in [3.05, 3.63) is 0 Å². The highest BCUT2D eigenvalue weighted by Gasteiger charge is 2.36. The van der Waals surface area contributed by atoms with Crippen LogP contribution in [0.1, 0.15) is 27.7 Å². The van der Waals surface area contributed by atoms with Crippen LogP contribution < -0.4 is 0 Å². The molecule has 0 aromatic heterocycles. The van der Waals surface area contributed by atoms with Gasteiger partial charge in [0.1, 0.15) is 11.2 Å². The van der Waals surface area contributed by atoms with Crippen molar-refractivity contribution in [3.63, 3.8) is 0 Å². The van der Waals surface area contributed by atoms with E-state index in [1.807, 2.05) is 40.8 Å². The summed E-state index contributed by atoms with van der Waals surface area (Å²) in [5, 5.41) is 0. The van der Waals surface area contributed by atoms with Crippen LogP contribution in [0, 0.1) is 24.7 Å². The van der Waals surface area contributed by atoms with E-state index in [-0.39, 0.29) is 0 Å². The molecule has 0 saturated heterocycles. The van der Waals surface area contributed by atoms with Crippen molar-refractivity contribution in [1.29, 1.82) is 0 Å². The maximum absolute atomic E-state index is 5.80. The molecule has 84 valence electrons. The normalized spacial score (nSPS) is 13.1. The van der Waals surface area contributed by atoms with Gasteiger partial charge in [0.25, 0.3) is 0 Å². The summed E-state index contributed by atoms with van der Waals surface area (Å²) in [4.78, 5) is 0. The van der Waals surface area contributed by atoms with Crippen molar-refractivity contribution in [2.75, 3.05) is 0 Å². The van der Waals surface area contributed by atoms with E-state index in [4.69, 9.17) is 21.7 Å². The zero-order valence-electron chi connectivity index (χ0n) is 10.5. The van der Waals surface area contributed by atoms with E-state index >= 15 is 0 Å². The fourth-order valence-corrected chi connectivity index (χ4v) is 3.93. The number of terminal acetylenes is 2. The van der Waals surface area contributed by atoms with E-state index < -0.39 is 19.8 Å². The van der Waals surface area contributed by atoms with Crippen LogP contribution in [0.25, 0.3) is 0 Å². The fourth-order valence-electron chi connectivity index (χ4n) is 1.31. The second kappa shape index (κ2) is 4.41. The Morgan fingerprint density at radius 2 is 1.13 bits per heavy atom. The zero-order chi connectivity index (χ0) is 12.3. The van der Waals surface area contributed by atoms with E-state index in [0.717, 1.165) is 0 Å². The molecule has 3 heteroatoms. The number of rotatable bonds is 4. The van der Waals surface area contributed by atoms with Gasteiger partial charge in [0, 0.05) is 0 Å². The maximum atomic E-state index is 5.80. The van der Waals surface area contributed by atoms with Gasteiger partial charge in [0.05, 0.1) is 0 Å². The molecule has 0 atom stereocenters. The topological polar surface area (TPSA) is 18.5 Å². The molecule has 0 amide bonds. The summed E-state index contributed by atoms with van der Waals surface area (Å²) in [6, 6.07) is 0. The SMILES string of the molecule is C#CC(C)(C)O[Si](C)(C)OC(C)(C)C#C. The Labute approximate surface area is 94.6 Å². The Kier molecular flexibility index (Phi) is 4.19. The van der Waals surface area contributed by atoms with Gasteiger partial charge in [-0.05, 0) is 40.8 Å². The molecular weight excluding hydrogens is 204 g/mol. The summed E-state index contributed by atoms with van der Waals surface area (Å²) in [5.74, 6) is 5.16. The lowest BCUT2D eigenvalue weighted by Crippen LogP contribution is -2.47. The molecule has 15 heavy (non-hydrogen) atoms. The van der Waals surface area contributed by atoms with Crippen LogP contribution in [-0.4, -0.2) is 19.8 Å². The molecule has 0 unspecified atom stereocenters. The van der Waals surface area contributed by atoms with Crippen LogP contribution in [0.5, 0.6) is 0 Å². The van der Waals surface area contributed by atoms with E-state index in [1.165, 1.54) is 0 Å². The third-order valence-electron chi connectivity index (χ3n) is 1.70. The van der Waals surface area contributed by atoms with Crippen molar-refractivity contribution < 1.29 is 8.85 Å². The molecule has 2 nitrogen and oxygen atoms in total. The summed E-state index contributed by atoms with van der Waals surface area (Å²) < 4.78 is 11.6. The first-order chi connectivity index (χ1) is 6.54. The van der Waals surface area contributed by atoms with Crippen LogP contribution >= 0.6 is 0 Å². The van der Waals surface area contributed by atoms with E-state index in [2.05, 4.69) is 11.8 Å². The third-order valence-corrected chi connectivity index (χ3v) is 3.70. The van der Waals surface area contributed by atoms with Gasteiger partial charge in [-0.2, -0.15) is 0 Å². The smallest absolute Gasteiger partial charge is 0.333 e. The molecule has 0 aromatic rings. The molecule has 0 aliphatic heterocycles. The molecule has 0 saturated carbocycles. The average Bonchev–Trinajstić information content (AvgIpc) is 2.00. The molecular formula is C12H20O2Si. The number of hydrogen-bond acceptors (Lipinski definition) is 2. The van der Waals surface area contributed by atoms with Gasteiger partial charge in [-0.15, -0.1) is 12.8 Å². The van der Waals surface area contributed by atoms with Crippen molar-refractivity contribution in [2.45, 2.75) is 52.0 Å². The standard InChI is InChI=1S/C12H20O2Si/c1-9-11(3,4)13-15(7,8)14-12(5,6)10-2/h1-2H,3-8H3. The summed E-state index contributed by atoms with van der Waals surface area (Å²) in [6.07, 6.45) is 10.7. The highest BCUT2D eigenvalue weighted by molar-refractivity contribution is 6.64. The lowest BCUT2D eigenvalue weighted by molar-refractivity contribution is 0.0552. The number of hydrogen-bond donors (Lipinski definition) is 0. The minimum absolute atomic E-state index is 0.611. The molecule has 0 N–H and O–H groups in total. The zero-order valence-corrected chi connectivity index (χ0v) is 11.5. The molecule has 0 rings (SSSR count). The molecule has 0 fully saturated rings. The minimum Gasteiger partial charge on any atom is -0.378 e. The molecule has 0 bridgehead atoms. The van der Waals surface area contributed by atoms with Gasteiger partial charge in [0.2, 0.25) is 0 Å². The van der Waals surface area contributed by atoms with Gasteiger partial charge < -0.3 is 8.85 Å². The van der Waals surface area contributed by atoms with Gasteiger partial charge in [-0.3, -0.25) is 0 Å². The van der Waals surface area contributed by atoms with Gasteiger partial charge in [-0.1, -0.05) is 11.8 Å². The fraction of sp³-hybridized carbons (Fsp3) is 0.667. The van der Waals surface area contributed by atoms with Crippen LogP contribution in [0.2, 0.25) is 13.1 Å². The quantitative estimate of drug-likeness (QED) is 0.540. The lowest BCUT2D eigenvalue weighted by Gasteiger charge is -2.35. The Hall–Kier alpha value is -0.743. The van der Waals surface area contributed by atoms with Crippen molar-refractivity contribution >= 4 is 8.56 Å². The average molecular weight is 224 g/mol. The van der Waals surface area contributed by atoms with E-state index in [1.54, 1.807) is 0 Å². The molecule has 0 aliphatic carbocycles. The first-order valence-electron chi connectivity index (χ1n) is 4.89. The van der Waals surface area contributed by atoms with Gasteiger partial charge >= 0.3 is 8.56 Å². The predicted octanol–water partition coefficient (Wildman–Crippen LogP) is 2.55. The Bertz CT molecular complexity index is 273. The second-order valence-electron chi connectivity index (χ2n) is 4.91. The Balaban J connectivity index is 4.61. The van der Waals surface area contributed by atoms with Crippen molar-refractivity contribution in [3.8, 4) is 24.7 Å². The minimum atomic E-state index is -2.30. The van der Waals surface area contributed by atoms with E-state index in [9.17, 15) is 0 Å². The van der Waals surface area contributed by atoms with Crippen LogP contribution in [-0.2, 0) is 8.85 Å². The largest absolute Gasteiger partial charge is 0.378 e. The third kappa shape index (κ3) is 5.64. The van der Waals surface area contributed by atoms with Crippen molar-refractivity contribution in [1.82, 2.24) is 0 Å².